The molecule has 0 saturated carbocycles. The maximum atomic E-state index is 10.3. The third kappa shape index (κ3) is 2.03. The fourth-order valence-corrected chi connectivity index (χ4v) is 1.01. The first kappa shape index (κ1) is 11.6. The highest BCUT2D eigenvalue weighted by Gasteiger charge is 2.37. The number of carbonyl (C=O) groups is 1. The lowest BCUT2D eigenvalue weighted by Crippen LogP contribution is -2.45. The van der Waals surface area contributed by atoms with E-state index in [0.29, 0.717) is 12.7 Å². The van der Waals surface area contributed by atoms with E-state index >= 15 is 0 Å². The zero-order chi connectivity index (χ0) is 9.78. The number of hydrogen-bond donors (Lipinski definition) is 3. The predicted molar refractivity (Wildman–Crippen MR) is 43.6 cm³/mol. The first-order valence-corrected chi connectivity index (χ1v) is 3.95. The van der Waals surface area contributed by atoms with E-state index in [2.05, 4.69) is 0 Å². The van der Waals surface area contributed by atoms with Crippen molar-refractivity contribution in [3.8, 4) is 0 Å². The maximum Gasteiger partial charge on any atom is 0.149 e. The maximum absolute atomic E-state index is 10.3. The molecule has 0 aromatic heterocycles. The average molecular weight is 176 g/mol. The average Bonchev–Trinajstić information content (AvgIpc) is 2.13. The molecule has 72 valence electrons. The summed E-state index contributed by atoms with van der Waals surface area (Å²) < 4.78 is 0. The molecule has 0 aliphatic rings. The monoisotopic (exact) mass is 176 g/mol. The van der Waals surface area contributed by atoms with Crippen LogP contribution in [0.4, 0.5) is 0 Å². The third-order valence-electron chi connectivity index (χ3n) is 2.50. The first-order valence-electron chi connectivity index (χ1n) is 3.95. The van der Waals surface area contributed by atoms with Crippen LogP contribution in [0.15, 0.2) is 0 Å². The summed E-state index contributed by atoms with van der Waals surface area (Å²) in [5, 5.41) is 27.2. The zero-order valence-corrected chi connectivity index (χ0v) is 7.40. The highest BCUT2D eigenvalue weighted by molar-refractivity contribution is 5.57. The van der Waals surface area contributed by atoms with Gasteiger partial charge in [0.05, 0.1) is 12.7 Å². The van der Waals surface area contributed by atoms with Gasteiger partial charge in [0.1, 0.15) is 12.4 Å². The summed E-state index contributed by atoms with van der Waals surface area (Å²) in [6.07, 6.45) is -1.50. The van der Waals surface area contributed by atoms with E-state index in [-0.39, 0.29) is 0 Å². The second kappa shape index (κ2) is 4.54. The molecule has 0 heterocycles. The second-order valence-electron chi connectivity index (χ2n) is 3.14. The van der Waals surface area contributed by atoms with Crippen molar-refractivity contribution in [2.24, 2.45) is 5.41 Å². The lowest BCUT2D eigenvalue weighted by molar-refractivity contribution is -0.130. The molecule has 0 spiro atoms. The van der Waals surface area contributed by atoms with Crippen LogP contribution in [-0.2, 0) is 4.79 Å². The third-order valence-corrected chi connectivity index (χ3v) is 2.50. The lowest BCUT2D eigenvalue weighted by Gasteiger charge is -2.34. The molecule has 0 aromatic carbocycles. The smallest absolute Gasteiger partial charge is 0.149 e. The summed E-state index contributed by atoms with van der Waals surface area (Å²) in [4.78, 5) is 10.3. The van der Waals surface area contributed by atoms with Crippen molar-refractivity contribution in [2.45, 2.75) is 32.5 Å². The minimum Gasteiger partial charge on any atom is -0.394 e. The Morgan fingerprint density at radius 1 is 1.50 bits per heavy atom. The topological polar surface area (TPSA) is 77.8 Å². The van der Waals surface area contributed by atoms with Gasteiger partial charge in [-0.25, -0.2) is 0 Å². The Balaban J connectivity index is 4.53. The number of hydrogen-bond acceptors (Lipinski definition) is 4. The van der Waals surface area contributed by atoms with Crippen molar-refractivity contribution in [2.75, 3.05) is 6.61 Å². The quantitative estimate of drug-likeness (QED) is 0.485. The van der Waals surface area contributed by atoms with Gasteiger partial charge in [-0.15, -0.1) is 0 Å². The number of aliphatic hydroxyl groups excluding tert-OH is 3. The molecular weight excluding hydrogens is 160 g/mol. The zero-order valence-electron chi connectivity index (χ0n) is 7.40. The van der Waals surface area contributed by atoms with Crippen molar-refractivity contribution in [1.82, 2.24) is 0 Å². The van der Waals surface area contributed by atoms with Gasteiger partial charge in [-0.1, -0.05) is 13.8 Å². The van der Waals surface area contributed by atoms with E-state index in [1.165, 1.54) is 0 Å². The van der Waals surface area contributed by atoms with Crippen molar-refractivity contribution in [3.05, 3.63) is 0 Å². The molecule has 0 saturated heterocycles. The number of aldehydes is 1. The Kier molecular flexibility index (Phi) is 4.37. The fraction of sp³-hybridized carbons (Fsp3) is 0.875. The van der Waals surface area contributed by atoms with Crippen molar-refractivity contribution in [1.29, 1.82) is 0 Å². The van der Waals surface area contributed by atoms with Gasteiger partial charge >= 0.3 is 0 Å². The molecule has 0 fully saturated rings. The lowest BCUT2D eigenvalue weighted by atomic mass is 9.77. The molecule has 0 rings (SSSR count). The SMILES string of the molecule is CC[C@](C)([C@H](O)CO)[C@@H](O)C=O. The molecule has 0 radical (unpaired) electrons. The summed E-state index contributed by atoms with van der Waals surface area (Å²) in [7, 11) is 0. The van der Waals surface area contributed by atoms with Crippen molar-refractivity contribution < 1.29 is 20.1 Å². The number of aliphatic hydroxyl groups is 3. The van der Waals surface area contributed by atoms with Gasteiger partial charge in [-0.05, 0) is 6.42 Å². The highest BCUT2D eigenvalue weighted by atomic mass is 16.3. The molecule has 0 aromatic rings. The van der Waals surface area contributed by atoms with Crippen LogP contribution in [0.25, 0.3) is 0 Å². The first-order chi connectivity index (χ1) is 5.52. The summed E-state index contributed by atoms with van der Waals surface area (Å²) in [6.45, 7) is 2.85. The summed E-state index contributed by atoms with van der Waals surface area (Å²) in [5.74, 6) is 0. The Labute approximate surface area is 71.8 Å². The summed E-state index contributed by atoms with van der Waals surface area (Å²) in [5.41, 5.74) is -0.948. The van der Waals surface area contributed by atoms with Crippen LogP contribution in [0.5, 0.6) is 0 Å². The van der Waals surface area contributed by atoms with Crippen LogP contribution in [0, 0.1) is 5.41 Å². The van der Waals surface area contributed by atoms with Gasteiger partial charge in [-0.3, -0.25) is 0 Å². The molecule has 3 N–H and O–H groups in total. The minimum atomic E-state index is -1.23. The van der Waals surface area contributed by atoms with Crippen LogP contribution in [0.2, 0.25) is 0 Å². The summed E-state index contributed by atoms with van der Waals surface area (Å²) in [6, 6.07) is 0. The molecule has 12 heavy (non-hydrogen) atoms. The van der Waals surface area contributed by atoms with Crippen molar-refractivity contribution >= 4 is 6.29 Å². The predicted octanol–water partition coefficient (Wildman–Crippen LogP) is -0.684. The van der Waals surface area contributed by atoms with Gasteiger partial charge in [-0.2, -0.15) is 0 Å². The van der Waals surface area contributed by atoms with E-state index in [1.807, 2.05) is 0 Å². The van der Waals surface area contributed by atoms with E-state index in [4.69, 9.17) is 5.11 Å². The van der Waals surface area contributed by atoms with Crippen LogP contribution in [0.1, 0.15) is 20.3 Å². The van der Waals surface area contributed by atoms with Crippen molar-refractivity contribution in [3.63, 3.8) is 0 Å². The molecule has 0 aliphatic heterocycles. The second-order valence-corrected chi connectivity index (χ2v) is 3.14. The van der Waals surface area contributed by atoms with Gasteiger partial charge in [0.15, 0.2) is 0 Å². The standard InChI is InChI=1S/C8H16O4/c1-3-8(2,6(11)4-9)7(12)5-10/h4,6-7,10-12H,3,5H2,1-2H3/t6-,7+,8-/m0/s1. The highest BCUT2D eigenvalue weighted by Crippen LogP contribution is 2.29. The molecule has 0 unspecified atom stereocenters. The van der Waals surface area contributed by atoms with E-state index in [1.54, 1.807) is 13.8 Å². The summed E-state index contributed by atoms with van der Waals surface area (Å²) >= 11 is 0. The Morgan fingerprint density at radius 2 is 2.00 bits per heavy atom. The molecule has 0 aliphatic carbocycles. The van der Waals surface area contributed by atoms with Gasteiger partial charge in [0.2, 0.25) is 0 Å². The fourth-order valence-electron chi connectivity index (χ4n) is 1.01. The van der Waals surface area contributed by atoms with E-state index < -0.39 is 24.2 Å². The van der Waals surface area contributed by atoms with Crippen LogP contribution in [0.3, 0.4) is 0 Å². The van der Waals surface area contributed by atoms with Gasteiger partial charge < -0.3 is 20.1 Å². The Morgan fingerprint density at radius 3 is 2.25 bits per heavy atom. The normalized spacial score (nSPS) is 21.1. The van der Waals surface area contributed by atoms with Gasteiger partial charge in [0, 0.05) is 5.41 Å². The van der Waals surface area contributed by atoms with E-state index in [9.17, 15) is 15.0 Å². The molecule has 4 nitrogen and oxygen atoms in total. The Hall–Kier alpha value is -0.450. The van der Waals surface area contributed by atoms with Crippen LogP contribution in [-0.4, -0.2) is 40.4 Å². The van der Waals surface area contributed by atoms with Gasteiger partial charge in [0.25, 0.3) is 0 Å². The number of carbonyl (C=O) groups excluding carboxylic acids is 1. The molecule has 4 heteroatoms. The minimum absolute atomic E-state index is 0.377. The molecule has 3 atom stereocenters. The number of rotatable bonds is 5. The largest absolute Gasteiger partial charge is 0.394 e. The molecule has 0 bridgehead atoms. The van der Waals surface area contributed by atoms with Crippen LogP contribution >= 0.6 is 0 Å². The molecule has 0 amide bonds. The Bertz CT molecular complexity index is 148. The van der Waals surface area contributed by atoms with Crippen LogP contribution < -0.4 is 0 Å². The molecular formula is C8H16O4. The van der Waals surface area contributed by atoms with E-state index in [0.717, 1.165) is 0 Å².